The summed E-state index contributed by atoms with van der Waals surface area (Å²) in [5, 5.41) is 3.61. The monoisotopic (exact) mass is 322 g/mol. The fourth-order valence-electron chi connectivity index (χ4n) is 3.80. The van der Waals surface area contributed by atoms with Gasteiger partial charge in [0.2, 0.25) is 0 Å². The molecule has 2 aliphatic rings. The van der Waals surface area contributed by atoms with E-state index in [0.29, 0.717) is 11.3 Å². The molecule has 1 atom stereocenters. The average molecular weight is 323 g/mol. The topological polar surface area (TPSA) is 15.3 Å². The smallest absolute Gasteiger partial charge is 0.0175 e. The molecule has 19 heavy (non-hydrogen) atoms. The first kappa shape index (κ1) is 13.6. The molecule has 2 aliphatic heterocycles. The SMILES string of the molecule is CN1CCC2(CCNCC2c2ccc(Br)cc2)CC1. The van der Waals surface area contributed by atoms with Crippen molar-refractivity contribution in [2.45, 2.75) is 25.2 Å². The van der Waals surface area contributed by atoms with E-state index in [1.807, 2.05) is 0 Å². The van der Waals surface area contributed by atoms with Gasteiger partial charge in [-0.2, -0.15) is 0 Å². The van der Waals surface area contributed by atoms with Crippen molar-refractivity contribution in [1.82, 2.24) is 10.2 Å². The molecule has 2 saturated heterocycles. The largest absolute Gasteiger partial charge is 0.316 e. The zero-order valence-corrected chi connectivity index (χ0v) is 13.2. The van der Waals surface area contributed by atoms with Gasteiger partial charge in [0.05, 0.1) is 0 Å². The van der Waals surface area contributed by atoms with Crippen molar-refractivity contribution in [3.05, 3.63) is 34.3 Å². The summed E-state index contributed by atoms with van der Waals surface area (Å²) in [6.07, 6.45) is 4.04. The molecule has 104 valence electrons. The molecule has 3 heteroatoms. The summed E-state index contributed by atoms with van der Waals surface area (Å²) >= 11 is 3.54. The Kier molecular flexibility index (Phi) is 3.97. The second-order valence-electron chi connectivity index (χ2n) is 6.22. The quantitative estimate of drug-likeness (QED) is 0.853. The van der Waals surface area contributed by atoms with E-state index in [1.165, 1.54) is 48.9 Å². The Hall–Kier alpha value is -0.380. The predicted octanol–water partition coefficient (Wildman–Crippen LogP) is 3.24. The van der Waals surface area contributed by atoms with Gasteiger partial charge in [-0.05, 0) is 69.1 Å². The van der Waals surface area contributed by atoms with Crippen LogP contribution in [0.3, 0.4) is 0 Å². The van der Waals surface area contributed by atoms with Crippen LogP contribution in [0.25, 0.3) is 0 Å². The van der Waals surface area contributed by atoms with Gasteiger partial charge < -0.3 is 10.2 Å². The van der Waals surface area contributed by atoms with Gasteiger partial charge in [0.25, 0.3) is 0 Å². The van der Waals surface area contributed by atoms with Gasteiger partial charge in [0.15, 0.2) is 0 Å². The highest BCUT2D eigenvalue weighted by Crippen LogP contribution is 2.48. The van der Waals surface area contributed by atoms with Gasteiger partial charge in [-0.15, -0.1) is 0 Å². The Labute approximate surface area is 124 Å². The van der Waals surface area contributed by atoms with Crippen molar-refractivity contribution in [3.63, 3.8) is 0 Å². The maximum Gasteiger partial charge on any atom is 0.0175 e. The minimum Gasteiger partial charge on any atom is -0.316 e. The van der Waals surface area contributed by atoms with Gasteiger partial charge in [-0.25, -0.2) is 0 Å². The first-order chi connectivity index (χ1) is 9.20. The van der Waals surface area contributed by atoms with Crippen LogP contribution in [0, 0.1) is 5.41 Å². The lowest BCUT2D eigenvalue weighted by molar-refractivity contribution is 0.0651. The summed E-state index contributed by atoms with van der Waals surface area (Å²) in [6, 6.07) is 8.99. The van der Waals surface area contributed by atoms with Crippen LogP contribution >= 0.6 is 15.9 Å². The van der Waals surface area contributed by atoms with Gasteiger partial charge in [-0.1, -0.05) is 28.1 Å². The molecule has 2 nitrogen and oxygen atoms in total. The molecule has 0 aromatic heterocycles. The van der Waals surface area contributed by atoms with E-state index in [0.717, 1.165) is 6.54 Å². The standard InChI is InChI=1S/C16H23BrN2/c1-19-10-7-16(8-11-19)6-9-18-12-15(16)13-2-4-14(17)5-3-13/h2-5,15,18H,6-12H2,1H3. The minimum absolute atomic E-state index is 0.533. The molecule has 1 aromatic rings. The average Bonchev–Trinajstić information content (AvgIpc) is 2.44. The highest BCUT2D eigenvalue weighted by atomic mass is 79.9. The van der Waals surface area contributed by atoms with Gasteiger partial charge in [-0.3, -0.25) is 0 Å². The minimum atomic E-state index is 0.533. The lowest BCUT2D eigenvalue weighted by Crippen LogP contribution is -2.49. The van der Waals surface area contributed by atoms with E-state index in [9.17, 15) is 0 Å². The van der Waals surface area contributed by atoms with Crippen LogP contribution in [0.4, 0.5) is 0 Å². The fraction of sp³-hybridized carbons (Fsp3) is 0.625. The summed E-state index contributed by atoms with van der Waals surface area (Å²) in [6.45, 7) is 4.85. The Morgan fingerprint density at radius 2 is 1.84 bits per heavy atom. The lowest BCUT2D eigenvalue weighted by atomic mass is 9.63. The van der Waals surface area contributed by atoms with Crippen molar-refractivity contribution >= 4 is 15.9 Å². The van der Waals surface area contributed by atoms with Crippen LogP contribution in [0.1, 0.15) is 30.7 Å². The molecule has 1 N–H and O–H groups in total. The fourth-order valence-corrected chi connectivity index (χ4v) is 4.07. The molecule has 1 aromatic carbocycles. The molecule has 2 heterocycles. The number of halogens is 1. The molecule has 1 unspecified atom stereocenters. The van der Waals surface area contributed by atoms with E-state index >= 15 is 0 Å². The first-order valence-corrected chi connectivity index (χ1v) is 8.14. The van der Waals surface area contributed by atoms with Crippen LogP contribution < -0.4 is 5.32 Å². The molecule has 0 aliphatic carbocycles. The number of hydrogen-bond acceptors (Lipinski definition) is 2. The van der Waals surface area contributed by atoms with Crippen molar-refractivity contribution in [1.29, 1.82) is 0 Å². The number of likely N-dealkylation sites (tertiary alicyclic amines) is 1. The van der Waals surface area contributed by atoms with Crippen molar-refractivity contribution in [3.8, 4) is 0 Å². The van der Waals surface area contributed by atoms with Crippen molar-refractivity contribution < 1.29 is 0 Å². The Bertz CT molecular complexity index is 421. The van der Waals surface area contributed by atoms with Crippen LogP contribution in [-0.2, 0) is 0 Å². The zero-order valence-electron chi connectivity index (χ0n) is 11.7. The van der Waals surface area contributed by atoms with E-state index in [1.54, 1.807) is 0 Å². The highest BCUT2D eigenvalue weighted by Gasteiger charge is 2.42. The molecule has 0 radical (unpaired) electrons. The van der Waals surface area contributed by atoms with Crippen LogP contribution in [0.15, 0.2) is 28.7 Å². The molecular weight excluding hydrogens is 300 g/mol. The predicted molar refractivity (Wildman–Crippen MR) is 83.5 cm³/mol. The third kappa shape index (κ3) is 2.74. The maximum atomic E-state index is 3.61. The summed E-state index contributed by atoms with van der Waals surface area (Å²) < 4.78 is 1.18. The second kappa shape index (κ2) is 5.55. The van der Waals surface area contributed by atoms with Crippen LogP contribution in [-0.4, -0.2) is 38.1 Å². The number of nitrogens with zero attached hydrogens (tertiary/aromatic N) is 1. The normalized spacial score (nSPS) is 27.6. The highest BCUT2D eigenvalue weighted by molar-refractivity contribution is 9.10. The Morgan fingerprint density at radius 3 is 2.53 bits per heavy atom. The number of benzene rings is 1. The van der Waals surface area contributed by atoms with Crippen molar-refractivity contribution in [2.75, 3.05) is 33.2 Å². The Morgan fingerprint density at radius 1 is 1.16 bits per heavy atom. The molecule has 1 spiro atoms. The summed E-state index contributed by atoms with van der Waals surface area (Å²) in [7, 11) is 2.25. The number of hydrogen-bond donors (Lipinski definition) is 1. The zero-order chi connectivity index (χ0) is 13.3. The maximum absolute atomic E-state index is 3.61. The molecule has 2 fully saturated rings. The third-order valence-electron chi connectivity index (χ3n) is 5.14. The number of rotatable bonds is 1. The first-order valence-electron chi connectivity index (χ1n) is 7.34. The van der Waals surface area contributed by atoms with Gasteiger partial charge in [0.1, 0.15) is 0 Å². The van der Waals surface area contributed by atoms with E-state index in [-0.39, 0.29) is 0 Å². The lowest BCUT2D eigenvalue weighted by Gasteiger charge is -2.49. The Balaban J connectivity index is 1.86. The molecule has 0 amide bonds. The molecule has 0 bridgehead atoms. The van der Waals surface area contributed by atoms with Gasteiger partial charge in [0, 0.05) is 16.9 Å². The summed E-state index contributed by atoms with van der Waals surface area (Å²) in [4.78, 5) is 2.48. The molecular formula is C16H23BrN2. The number of piperidine rings is 2. The van der Waals surface area contributed by atoms with Crippen LogP contribution in [0.5, 0.6) is 0 Å². The molecule has 0 saturated carbocycles. The van der Waals surface area contributed by atoms with E-state index < -0.39 is 0 Å². The number of nitrogens with one attached hydrogen (secondary N) is 1. The van der Waals surface area contributed by atoms with Crippen molar-refractivity contribution in [2.24, 2.45) is 5.41 Å². The van der Waals surface area contributed by atoms with E-state index in [2.05, 4.69) is 57.5 Å². The second-order valence-corrected chi connectivity index (χ2v) is 7.14. The van der Waals surface area contributed by atoms with E-state index in [4.69, 9.17) is 0 Å². The summed E-state index contributed by atoms with van der Waals surface area (Å²) in [5.41, 5.74) is 2.05. The third-order valence-corrected chi connectivity index (χ3v) is 5.67. The van der Waals surface area contributed by atoms with Gasteiger partial charge >= 0.3 is 0 Å². The molecule has 3 rings (SSSR count). The summed E-state index contributed by atoms with van der Waals surface area (Å²) in [5.74, 6) is 0.683. The van der Waals surface area contributed by atoms with Crippen LogP contribution in [0.2, 0.25) is 0 Å².